The zero-order valence-corrected chi connectivity index (χ0v) is 9.39. The zero-order valence-electron chi connectivity index (χ0n) is 8.63. The van der Waals surface area contributed by atoms with Gasteiger partial charge in [0.05, 0.1) is 16.3 Å². The van der Waals surface area contributed by atoms with Crippen molar-refractivity contribution in [3.05, 3.63) is 28.8 Å². The van der Waals surface area contributed by atoms with Crippen molar-refractivity contribution in [3.8, 4) is 0 Å². The van der Waals surface area contributed by atoms with Gasteiger partial charge in [-0.25, -0.2) is 0 Å². The summed E-state index contributed by atoms with van der Waals surface area (Å²) in [6.45, 7) is 0.477. The molecule has 1 aromatic rings. The lowest BCUT2D eigenvalue weighted by molar-refractivity contribution is -0.137. The third-order valence-electron chi connectivity index (χ3n) is 2.38. The van der Waals surface area contributed by atoms with Crippen LogP contribution >= 0.6 is 11.6 Å². The highest BCUT2D eigenvalue weighted by molar-refractivity contribution is 6.31. The van der Waals surface area contributed by atoms with E-state index in [1.165, 1.54) is 17.1 Å². The van der Waals surface area contributed by atoms with Crippen molar-refractivity contribution in [3.63, 3.8) is 0 Å². The van der Waals surface area contributed by atoms with Gasteiger partial charge in [-0.05, 0) is 18.2 Å². The third-order valence-corrected chi connectivity index (χ3v) is 2.71. The summed E-state index contributed by atoms with van der Waals surface area (Å²) in [6, 6.07) is 3.67. The predicted molar refractivity (Wildman–Crippen MR) is 60.0 cm³/mol. The smallest absolute Gasteiger partial charge is 0.386 e. The summed E-state index contributed by atoms with van der Waals surface area (Å²) in [7, 11) is 0. The normalized spacial score (nSPS) is 16.2. The van der Waals surface area contributed by atoms with Crippen LogP contribution in [-0.4, -0.2) is 12.4 Å². The molecule has 0 radical (unpaired) electrons. The molecule has 0 unspecified atom stereocenters. The van der Waals surface area contributed by atoms with Gasteiger partial charge in [0.15, 0.2) is 0 Å². The highest BCUT2D eigenvalue weighted by Crippen LogP contribution is 2.37. The molecule has 1 aliphatic heterocycles. The summed E-state index contributed by atoms with van der Waals surface area (Å²) in [5, 5.41) is 5.04. The van der Waals surface area contributed by atoms with E-state index in [1.807, 2.05) is 0 Å². The van der Waals surface area contributed by atoms with Crippen molar-refractivity contribution in [1.29, 1.82) is 0 Å². The molecule has 0 saturated heterocycles. The van der Waals surface area contributed by atoms with Gasteiger partial charge in [0.2, 0.25) is 0 Å². The van der Waals surface area contributed by atoms with E-state index >= 15 is 0 Å². The molecule has 0 bridgehead atoms. The number of hydrogen-bond donors (Lipinski definition) is 1. The second-order valence-electron chi connectivity index (χ2n) is 3.63. The minimum Gasteiger partial charge on any atom is -0.386 e. The second kappa shape index (κ2) is 4.10. The average molecular weight is 264 g/mol. The van der Waals surface area contributed by atoms with Crippen LogP contribution in [0.3, 0.4) is 0 Å². The van der Waals surface area contributed by atoms with Crippen LogP contribution in [-0.2, 0) is 6.18 Å². The molecule has 0 aromatic heterocycles. The number of alkyl halides is 3. The molecule has 1 aliphatic rings. The summed E-state index contributed by atoms with van der Waals surface area (Å²) in [5.41, 5.74) is 4.95. The van der Waals surface area contributed by atoms with Crippen LogP contribution in [0.1, 0.15) is 12.0 Å². The van der Waals surface area contributed by atoms with Crippen LogP contribution in [0.25, 0.3) is 0 Å². The van der Waals surface area contributed by atoms with E-state index in [-0.39, 0.29) is 5.02 Å². The van der Waals surface area contributed by atoms with Crippen molar-refractivity contribution < 1.29 is 13.2 Å². The Balaban J connectivity index is 2.38. The van der Waals surface area contributed by atoms with Crippen molar-refractivity contribution >= 4 is 23.1 Å². The molecule has 1 aromatic carbocycles. The summed E-state index contributed by atoms with van der Waals surface area (Å²) in [5.74, 6) is 0.411. The Hall–Kier alpha value is -1.43. The molecule has 0 saturated carbocycles. The number of hydrogen-bond acceptors (Lipinski definition) is 3. The monoisotopic (exact) mass is 263 g/mol. The summed E-state index contributed by atoms with van der Waals surface area (Å²) >= 11 is 5.52. The molecule has 0 atom stereocenters. The molecule has 0 aliphatic carbocycles. The van der Waals surface area contributed by atoms with Gasteiger partial charge in [-0.2, -0.15) is 18.3 Å². The zero-order chi connectivity index (χ0) is 12.6. The molecule has 7 heteroatoms. The maximum atomic E-state index is 12.6. The fourth-order valence-corrected chi connectivity index (χ4v) is 1.78. The quantitative estimate of drug-likeness (QED) is 0.846. The number of nitrogens with two attached hydrogens (primary N) is 1. The van der Waals surface area contributed by atoms with E-state index in [0.717, 1.165) is 6.07 Å². The van der Waals surface area contributed by atoms with Gasteiger partial charge in [0.25, 0.3) is 0 Å². The fraction of sp³-hybridized carbons (Fsp3) is 0.300. The molecule has 2 rings (SSSR count). The Morgan fingerprint density at radius 1 is 1.35 bits per heavy atom. The van der Waals surface area contributed by atoms with Crippen molar-refractivity contribution in [2.75, 3.05) is 11.6 Å². The lowest BCUT2D eigenvalue weighted by Crippen LogP contribution is -2.14. The first kappa shape index (κ1) is 12.0. The topological polar surface area (TPSA) is 41.6 Å². The average Bonchev–Trinajstić information content (AvgIpc) is 2.64. The first-order chi connectivity index (χ1) is 7.88. The third kappa shape index (κ3) is 2.46. The maximum absolute atomic E-state index is 12.6. The lowest BCUT2D eigenvalue weighted by Gasteiger charge is -2.16. The van der Waals surface area contributed by atoms with E-state index < -0.39 is 11.7 Å². The molecule has 0 spiro atoms. The largest absolute Gasteiger partial charge is 0.417 e. The van der Waals surface area contributed by atoms with Gasteiger partial charge in [0.1, 0.15) is 5.84 Å². The molecule has 0 fully saturated rings. The number of hydrazone groups is 1. The molecular weight excluding hydrogens is 255 g/mol. The SMILES string of the molecule is NC1=NN(c2ccc(Cl)c(C(F)(F)F)c2)CC1. The van der Waals surface area contributed by atoms with Crippen LogP contribution in [0.4, 0.5) is 18.9 Å². The van der Waals surface area contributed by atoms with Gasteiger partial charge in [-0.15, -0.1) is 0 Å². The van der Waals surface area contributed by atoms with E-state index in [9.17, 15) is 13.2 Å². The molecule has 2 N–H and O–H groups in total. The number of nitrogens with zero attached hydrogens (tertiary/aromatic N) is 2. The van der Waals surface area contributed by atoms with E-state index in [0.29, 0.717) is 24.5 Å². The highest BCUT2D eigenvalue weighted by Gasteiger charge is 2.34. The molecular formula is C10H9ClF3N3. The van der Waals surface area contributed by atoms with Crippen LogP contribution in [0, 0.1) is 0 Å². The van der Waals surface area contributed by atoms with Gasteiger partial charge < -0.3 is 5.73 Å². The van der Waals surface area contributed by atoms with Gasteiger partial charge in [-0.1, -0.05) is 11.6 Å². The van der Waals surface area contributed by atoms with Crippen molar-refractivity contribution in [2.24, 2.45) is 10.8 Å². The molecule has 3 nitrogen and oxygen atoms in total. The first-order valence-electron chi connectivity index (χ1n) is 4.85. The Morgan fingerprint density at radius 3 is 2.59 bits per heavy atom. The van der Waals surface area contributed by atoms with E-state index in [1.54, 1.807) is 0 Å². The van der Waals surface area contributed by atoms with Crippen molar-refractivity contribution in [2.45, 2.75) is 12.6 Å². The van der Waals surface area contributed by atoms with Gasteiger partial charge >= 0.3 is 6.18 Å². The summed E-state index contributed by atoms with van der Waals surface area (Å²) < 4.78 is 37.9. The van der Waals surface area contributed by atoms with E-state index in [2.05, 4.69) is 5.10 Å². The fourth-order valence-electron chi connectivity index (χ4n) is 1.55. The van der Waals surface area contributed by atoms with Gasteiger partial charge in [-0.3, -0.25) is 5.01 Å². The van der Waals surface area contributed by atoms with Crippen LogP contribution in [0.5, 0.6) is 0 Å². The summed E-state index contributed by atoms with van der Waals surface area (Å²) in [6.07, 6.45) is -3.92. The number of amidine groups is 1. The number of benzene rings is 1. The minimum atomic E-state index is -4.47. The van der Waals surface area contributed by atoms with Crippen LogP contribution in [0.15, 0.2) is 23.3 Å². The number of halogens is 4. The molecule has 92 valence electrons. The standard InChI is InChI=1S/C10H9ClF3N3/c11-8-2-1-6(5-7(8)10(12,13)14)17-4-3-9(15)16-17/h1-2,5H,3-4H2,(H2,15,16). The highest BCUT2D eigenvalue weighted by atomic mass is 35.5. The maximum Gasteiger partial charge on any atom is 0.417 e. The number of anilines is 1. The second-order valence-corrected chi connectivity index (χ2v) is 4.03. The van der Waals surface area contributed by atoms with E-state index in [4.69, 9.17) is 17.3 Å². The Kier molecular flexibility index (Phi) is 2.91. The lowest BCUT2D eigenvalue weighted by atomic mass is 10.2. The predicted octanol–water partition coefficient (Wildman–Crippen LogP) is 2.84. The molecule has 1 heterocycles. The Bertz CT molecular complexity index is 470. The summed E-state index contributed by atoms with van der Waals surface area (Å²) in [4.78, 5) is 0. The Morgan fingerprint density at radius 2 is 2.06 bits per heavy atom. The Labute approximate surface area is 101 Å². The van der Waals surface area contributed by atoms with Crippen molar-refractivity contribution in [1.82, 2.24) is 0 Å². The van der Waals surface area contributed by atoms with Gasteiger partial charge in [0, 0.05) is 13.0 Å². The molecule has 0 amide bonds. The number of rotatable bonds is 1. The van der Waals surface area contributed by atoms with Crippen LogP contribution < -0.4 is 10.7 Å². The van der Waals surface area contributed by atoms with Crippen LogP contribution in [0.2, 0.25) is 5.02 Å². The molecule has 17 heavy (non-hydrogen) atoms. The minimum absolute atomic E-state index is 0.322. The first-order valence-corrected chi connectivity index (χ1v) is 5.23.